The normalized spacial score (nSPS) is 12.6. The predicted octanol–water partition coefficient (Wildman–Crippen LogP) is 17.6. The lowest BCUT2D eigenvalue weighted by atomic mass is 9.67. The number of rotatable bonds is 8. The smallest absolute Gasteiger partial charge is 0.143 e. The summed E-state index contributed by atoms with van der Waals surface area (Å²) >= 11 is 0. The molecule has 12 aromatic rings. The minimum Gasteiger partial charge on any atom is -0.455 e. The third-order valence-corrected chi connectivity index (χ3v) is 14.0. The van der Waals surface area contributed by atoms with Gasteiger partial charge < -0.3 is 9.32 Å². The predicted molar refractivity (Wildman–Crippen MR) is 280 cm³/mol. The molecule has 11 aromatic carbocycles. The summed E-state index contributed by atoms with van der Waals surface area (Å²) in [6, 6.07) is 95.0. The molecule has 0 atom stereocenters. The average Bonchev–Trinajstić information content (AvgIpc) is 3.93. The molecule has 0 spiro atoms. The van der Waals surface area contributed by atoms with Crippen molar-refractivity contribution in [1.29, 1.82) is 0 Å². The Balaban J connectivity index is 0.999. The fourth-order valence-corrected chi connectivity index (χ4v) is 11.0. The zero-order chi connectivity index (χ0) is 44.3. The Morgan fingerprint density at radius 1 is 0.313 bits per heavy atom. The molecule has 2 nitrogen and oxygen atoms in total. The van der Waals surface area contributed by atoms with Gasteiger partial charge in [-0.1, -0.05) is 224 Å². The molecule has 0 bridgehead atoms. The second kappa shape index (κ2) is 15.8. The van der Waals surface area contributed by atoms with Gasteiger partial charge in [-0.3, -0.25) is 0 Å². The SMILES string of the molecule is c1ccc(C2(c3ccccc3)c3ccccc3-c3ccc(N(c4ccc(-c5ccc(-c6cccc7ccccc67)cc5)cc4)c4ccccc4-c4cccc5c4oc4ccccc45)cc32)cc1. The van der Waals surface area contributed by atoms with Crippen LogP contribution in [0.25, 0.3) is 77.2 Å². The van der Waals surface area contributed by atoms with E-state index in [2.05, 4.69) is 260 Å². The summed E-state index contributed by atoms with van der Waals surface area (Å²) in [5, 5.41) is 4.74. The lowest BCUT2D eigenvalue weighted by Crippen LogP contribution is -2.28. The van der Waals surface area contributed by atoms with Crippen LogP contribution in [0.4, 0.5) is 17.1 Å². The number of para-hydroxylation sites is 3. The van der Waals surface area contributed by atoms with E-state index < -0.39 is 5.41 Å². The highest BCUT2D eigenvalue weighted by atomic mass is 16.3. The van der Waals surface area contributed by atoms with E-state index in [-0.39, 0.29) is 0 Å². The first kappa shape index (κ1) is 38.7. The van der Waals surface area contributed by atoms with Gasteiger partial charge in [0.1, 0.15) is 11.2 Å². The summed E-state index contributed by atoms with van der Waals surface area (Å²) in [6.07, 6.45) is 0. The summed E-state index contributed by atoms with van der Waals surface area (Å²) in [5.41, 5.74) is 18.9. The second-order valence-corrected chi connectivity index (χ2v) is 17.5. The van der Waals surface area contributed by atoms with Gasteiger partial charge >= 0.3 is 0 Å². The zero-order valence-corrected chi connectivity index (χ0v) is 36.7. The quantitative estimate of drug-likeness (QED) is 0.151. The summed E-state index contributed by atoms with van der Waals surface area (Å²) in [5.74, 6) is 0. The molecule has 1 aliphatic rings. The standard InChI is InChI=1S/C65H43NO/c1-3-19-48(20-4-1)65(49-21-5-2-6-22-49)60-30-12-9-24-54(60)55-42-41-51(43-61(55)65)66(62-31-13-10-25-56(62)58-28-16-29-59-57-26-11-14-32-63(57)67-64(58)59)50-39-37-45(38-40-50)44-33-35-47(36-34-44)53-27-15-18-46-17-7-8-23-52(46)53/h1-43H. The van der Waals surface area contributed by atoms with Crippen molar-refractivity contribution < 1.29 is 4.42 Å². The summed E-state index contributed by atoms with van der Waals surface area (Å²) < 4.78 is 6.71. The molecule has 0 amide bonds. The van der Waals surface area contributed by atoms with Gasteiger partial charge in [-0.05, 0) is 103 Å². The second-order valence-electron chi connectivity index (χ2n) is 17.5. The fraction of sp³-hybridized carbons (Fsp3) is 0.0154. The van der Waals surface area contributed by atoms with Crippen LogP contribution in [0.15, 0.2) is 265 Å². The molecular weight excluding hydrogens is 811 g/mol. The topological polar surface area (TPSA) is 16.4 Å². The van der Waals surface area contributed by atoms with Crippen molar-refractivity contribution >= 4 is 49.8 Å². The molecule has 0 aliphatic heterocycles. The number of hydrogen-bond donors (Lipinski definition) is 0. The molecule has 0 saturated carbocycles. The number of furan rings is 1. The lowest BCUT2D eigenvalue weighted by molar-refractivity contribution is 0.670. The summed E-state index contributed by atoms with van der Waals surface area (Å²) in [7, 11) is 0. The number of hydrogen-bond acceptors (Lipinski definition) is 2. The van der Waals surface area contributed by atoms with E-state index in [9.17, 15) is 0 Å². The van der Waals surface area contributed by atoms with E-state index in [4.69, 9.17) is 4.42 Å². The third-order valence-electron chi connectivity index (χ3n) is 14.0. The highest BCUT2D eigenvalue weighted by Gasteiger charge is 2.46. The van der Waals surface area contributed by atoms with Crippen LogP contribution in [0, 0.1) is 0 Å². The molecule has 13 rings (SSSR count). The number of anilines is 3. The Labute approximate surface area is 390 Å². The summed E-state index contributed by atoms with van der Waals surface area (Å²) in [6.45, 7) is 0. The van der Waals surface area contributed by atoms with Crippen molar-refractivity contribution in [2.24, 2.45) is 0 Å². The minimum absolute atomic E-state index is 0.544. The Hall–Kier alpha value is -8.72. The molecule has 1 aliphatic carbocycles. The van der Waals surface area contributed by atoms with Crippen molar-refractivity contribution in [2.75, 3.05) is 4.90 Å². The highest BCUT2D eigenvalue weighted by Crippen LogP contribution is 2.57. The molecule has 314 valence electrons. The van der Waals surface area contributed by atoms with Gasteiger partial charge in [0, 0.05) is 33.3 Å². The van der Waals surface area contributed by atoms with Crippen molar-refractivity contribution in [3.05, 3.63) is 283 Å². The van der Waals surface area contributed by atoms with Crippen LogP contribution < -0.4 is 4.90 Å². The largest absolute Gasteiger partial charge is 0.455 e. The van der Waals surface area contributed by atoms with Crippen LogP contribution in [-0.4, -0.2) is 0 Å². The van der Waals surface area contributed by atoms with Gasteiger partial charge in [0.15, 0.2) is 0 Å². The molecule has 0 fully saturated rings. The molecule has 2 heteroatoms. The van der Waals surface area contributed by atoms with Crippen molar-refractivity contribution in [3.63, 3.8) is 0 Å². The monoisotopic (exact) mass is 853 g/mol. The maximum atomic E-state index is 6.71. The number of benzene rings is 11. The van der Waals surface area contributed by atoms with Gasteiger partial charge in [0.25, 0.3) is 0 Å². The molecule has 0 N–H and O–H groups in total. The van der Waals surface area contributed by atoms with Crippen molar-refractivity contribution in [1.82, 2.24) is 0 Å². The van der Waals surface area contributed by atoms with Crippen LogP contribution in [0.1, 0.15) is 22.3 Å². The van der Waals surface area contributed by atoms with Gasteiger partial charge in [0.05, 0.1) is 11.1 Å². The molecule has 1 aromatic heterocycles. The summed E-state index contributed by atoms with van der Waals surface area (Å²) in [4.78, 5) is 2.44. The van der Waals surface area contributed by atoms with Crippen LogP contribution in [0.2, 0.25) is 0 Å². The average molecular weight is 854 g/mol. The van der Waals surface area contributed by atoms with E-state index >= 15 is 0 Å². The van der Waals surface area contributed by atoms with E-state index in [1.807, 2.05) is 6.07 Å². The lowest BCUT2D eigenvalue weighted by Gasteiger charge is -2.35. The third kappa shape index (κ3) is 6.18. The first-order valence-corrected chi connectivity index (χ1v) is 23.1. The fourth-order valence-electron chi connectivity index (χ4n) is 11.0. The number of fused-ring (bicyclic) bond motifs is 7. The van der Waals surface area contributed by atoms with Gasteiger partial charge in [0.2, 0.25) is 0 Å². The first-order chi connectivity index (χ1) is 33.2. The minimum atomic E-state index is -0.544. The number of nitrogens with zero attached hydrogens (tertiary/aromatic N) is 1. The van der Waals surface area contributed by atoms with E-state index in [0.29, 0.717) is 0 Å². The van der Waals surface area contributed by atoms with Gasteiger partial charge in [-0.2, -0.15) is 0 Å². The maximum Gasteiger partial charge on any atom is 0.143 e. The molecule has 0 unspecified atom stereocenters. The maximum absolute atomic E-state index is 6.71. The Morgan fingerprint density at radius 3 is 1.61 bits per heavy atom. The van der Waals surface area contributed by atoms with E-state index in [1.54, 1.807) is 0 Å². The van der Waals surface area contributed by atoms with Gasteiger partial charge in [-0.15, -0.1) is 0 Å². The first-order valence-electron chi connectivity index (χ1n) is 23.1. The molecule has 0 saturated heterocycles. The van der Waals surface area contributed by atoms with Crippen molar-refractivity contribution in [2.45, 2.75) is 5.41 Å². The molecule has 1 heterocycles. The zero-order valence-electron chi connectivity index (χ0n) is 36.7. The molecular formula is C65H43NO. The Kier molecular flexibility index (Phi) is 9.11. The van der Waals surface area contributed by atoms with E-state index in [0.717, 1.165) is 55.7 Å². The molecule has 67 heavy (non-hydrogen) atoms. The highest BCUT2D eigenvalue weighted by molar-refractivity contribution is 6.11. The van der Waals surface area contributed by atoms with Gasteiger partial charge in [-0.25, -0.2) is 0 Å². The Morgan fingerprint density at radius 2 is 0.836 bits per heavy atom. The Bertz CT molecular complexity index is 3750. The van der Waals surface area contributed by atoms with E-state index in [1.165, 1.54) is 60.8 Å². The van der Waals surface area contributed by atoms with Crippen LogP contribution in [0.3, 0.4) is 0 Å². The van der Waals surface area contributed by atoms with Crippen LogP contribution >= 0.6 is 0 Å². The van der Waals surface area contributed by atoms with Crippen LogP contribution in [0.5, 0.6) is 0 Å². The van der Waals surface area contributed by atoms with Crippen molar-refractivity contribution in [3.8, 4) is 44.5 Å². The molecule has 0 radical (unpaired) electrons. The van der Waals surface area contributed by atoms with Crippen LogP contribution in [-0.2, 0) is 5.41 Å².